The lowest BCUT2D eigenvalue weighted by atomic mass is 9.83. The molecule has 1 saturated carbocycles. The zero-order valence-corrected chi connectivity index (χ0v) is 9.18. The molecule has 1 fully saturated rings. The first-order valence-electron chi connectivity index (χ1n) is 4.81. The Bertz CT molecular complexity index is 183. The van der Waals surface area contributed by atoms with Gasteiger partial charge in [-0.2, -0.15) is 5.10 Å². The summed E-state index contributed by atoms with van der Waals surface area (Å²) in [5, 5.41) is 4.63. The summed E-state index contributed by atoms with van der Waals surface area (Å²) in [6, 6.07) is 0. The van der Waals surface area contributed by atoms with Crippen LogP contribution >= 0.6 is 11.8 Å². The maximum Gasteiger partial charge on any atom is 0.177 e. The van der Waals surface area contributed by atoms with E-state index in [0.29, 0.717) is 10.4 Å². The van der Waals surface area contributed by atoms with Gasteiger partial charge in [0.1, 0.15) is 0 Å². The van der Waals surface area contributed by atoms with E-state index < -0.39 is 0 Å². The maximum atomic E-state index is 5.58. The fourth-order valence-electron chi connectivity index (χ4n) is 2.17. The molecule has 0 spiro atoms. The van der Waals surface area contributed by atoms with Gasteiger partial charge < -0.3 is 11.6 Å². The Morgan fingerprint density at radius 1 is 1.23 bits per heavy atom. The lowest BCUT2D eigenvalue weighted by molar-refractivity contribution is 0.309. The molecule has 76 valence electrons. The van der Waals surface area contributed by atoms with Crippen LogP contribution in [0.2, 0.25) is 0 Å². The van der Waals surface area contributed by atoms with Crippen LogP contribution < -0.4 is 11.6 Å². The van der Waals surface area contributed by atoms with E-state index in [2.05, 4.69) is 18.9 Å². The van der Waals surface area contributed by atoms with Gasteiger partial charge in [-0.3, -0.25) is 0 Å². The Morgan fingerprint density at radius 3 is 2.23 bits per heavy atom. The lowest BCUT2D eigenvalue weighted by Crippen LogP contribution is -2.24. The van der Waals surface area contributed by atoms with Gasteiger partial charge in [0.05, 0.1) is 0 Å². The highest BCUT2D eigenvalue weighted by Crippen LogP contribution is 2.35. The third-order valence-corrected chi connectivity index (χ3v) is 3.62. The molecule has 3 nitrogen and oxygen atoms in total. The molecule has 1 aliphatic rings. The number of amidine groups is 1. The van der Waals surface area contributed by atoms with Crippen LogP contribution in [0.25, 0.3) is 0 Å². The van der Waals surface area contributed by atoms with Crippen LogP contribution in [0.4, 0.5) is 0 Å². The van der Waals surface area contributed by atoms with Crippen molar-refractivity contribution >= 4 is 16.9 Å². The average Bonchev–Trinajstić information content (AvgIpc) is 2.02. The maximum absolute atomic E-state index is 5.58. The van der Waals surface area contributed by atoms with E-state index >= 15 is 0 Å². The molecule has 0 heterocycles. The Hall–Kier alpha value is -0.380. The summed E-state index contributed by atoms with van der Waals surface area (Å²) < 4.78 is 0. The molecule has 0 aromatic rings. The number of thioether (sulfide) groups is 1. The molecule has 4 N–H and O–H groups in total. The topological polar surface area (TPSA) is 64.4 Å². The smallest absolute Gasteiger partial charge is 0.177 e. The highest BCUT2D eigenvalue weighted by molar-refractivity contribution is 8.14. The predicted octanol–water partition coefficient (Wildman–Crippen LogP) is 1.73. The summed E-state index contributed by atoms with van der Waals surface area (Å²) in [6.45, 7) is 4.61. The van der Waals surface area contributed by atoms with E-state index in [1.165, 1.54) is 19.3 Å². The first-order chi connectivity index (χ1) is 6.11. The summed E-state index contributed by atoms with van der Waals surface area (Å²) in [5.41, 5.74) is 5.58. The average molecular weight is 201 g/mol. The van der Waals surface area contributed by atoms with Gasteiger partial charge in [-0.25, -0.2) is 0 Å². The summed E-state index contributed by atoms with van der Waals surface area (Å²) >= 11 is 1.63. The van der Waals surface area contributed by atoms with Crippen molar-refractivity contribution in [2.45, 2.75) is 38.4 Å². The van der Waals surface area contributed by atoms with E-state index in [-0.39, 0.29) is 0 Å². The Balaban J connectivity index is 2.41. The fourth-order valence-corrected chi connectivity index (χ4v) is 3.42. The van der Waals surface area contributed by atoms with Gasteiger partial charge in [0.2, 0.25) is 0 Å². The van der Waals surface area contributed by atoms with Gasteiger partial charge in [-0.15, -0.1) is 0 Å². The number of nitrogens with zero attached hydrogens (tertiary/aromatic N) is 1. The standard InChI is InChI=1S/C9H19N3S/c1-6-3-7(2)5-8(4-6)13-9(10)12-11/h6-8H,3-5,11H2,1-2H3,(H2,10,12). The van der Waals surface area contributed by atoms with Crippen LogP contribution in [0.3, 0.4) is 0 Å². The second kappa shape index (κ2) is 4.74. The number of rotatable bonds is 1. The Labute approximate surface area is 84.3 Å². The molecule has 0 saturated heterocycles. The molecule has 0 aliphatic heterocycles. The van der Waals surface area contributed by atoms with Crippen molar-refractivity contribution in [1.29, 1.82) is 0 Å². The minimum absolute atomic E-state index is 0.520. The Kier molecular flexibility index (Phi) is 3.90. The first kappa shape index (κ1) is 10.7. The van der Waals surface area contributed by atoms with E-state index in [9.17, 15) is 0 Å². The van der Waals surface area contributed by atoms with Crippen LogP contribution in [0, 0.1) is 11.8 Å². The fraction of sp³-hybridized carbons (Fsp3) is 0.889. The molecule has 0 bridgehead atoms. The highest BCUT2D eigenvalue weighted by atomic mass is 32.2. The number of nitrogens with two attached hydrogens (primary N) is 2. The van der Waals surface area contributed by atoms with E-state index in [1.54, 1.807) is 11.8 Å². The first-order valence-corrected chi connectivity index (χ1v) is 5.69. The Morgan fingerprint density at radius 2 is 1.77 bits per heavy atom. The molecule has 13 heavy (non-hydrogen) atoms. The van der Waals surface area contributed by atoms with Crippen molar-refractivity contribution in [3.63, 3.8) is 0 Å². The summed E-state index contributed by atoms with van der Waals surface area (Å²) in [5.74, 6) is 6.72. The molecule has 0 aromatic carbocycles. The minimum Gasteiger partial charge on any atom is -0.377 e. The quantitative estimate of drug-likeness (QED) is 0.294. The zero-order valence-electron chi connectivity index (χ0n) is 8.36. The van der Waals surface area contributed by atoms with Crippen molar-refractivity contribution in [3.8, 4) is 0 Å². The van der Waals surface area contributed by atoms with Gasteiger partial charge in [-0.1, -0.05) is 25.6 Å². The van der Waals surface area contributed by atoms with Crippen LogP contribution in [-0.2, 0) is 0 Å². The van der Waals surface area contributed by atoms with Crippen LogP contribution in [-0.4, -0.2) is 10.4 Å². The van der Waals surface area contributed by atoms with Crippen molar-refractivity contribution in [3.05, 3.63) is 0 Å². The zero-order chi connectivity index (χ0) is 9.84. The van der Waals surface area contributed by atoms with Gasteiger partial charge in [0, 0.05) is 5.25 Å². The highest BCUT2D eigenvalue weighted by Gasteiger charge is 2.24. The molecular weight excluding hydrogens is 182 g/mol. The molecule has 0 amide bonds. The molecule has 0 radical (unpaired) electrons. The van der Waals surface area contributed by atoms with Gasteiger partial charge in [-0.05, 0) is 31.1 Å². The molecule has 1 aliphatic carbocycles. The summed E-state index contributed by atoms with van der Waals surface area (Å²) in [7, 11) is 0. The molecule has 2 atom stereocenters. The number of hydrazone groups is 1. The lowest BCUT2D eigenvalue weighted by Gasteiger charge is -2.30. The van der Waals surface area contributed by atoms with Gasteiger partial charge >= 0.3 is 0 Å². The van der Waals surface area contributed by atoms with Crippen molar-refractivity contribution in [2.24, 2.45) is 28.5 Å². The van der Waals surface area contributed by atoms with Crippen molar-refractivity contribution < 1.29 is 0 Å². The molecular formula is C9H19N3S. The van der Waals surface area contributed by atoms with E-state index in [0.717, 1.165) is 11.8 Å². The van der Waals surface area contributed by atoms with E-state index in [4.69, 9.17) is 11.6 Å². The molecule has 0 aromatic heterocycles. The van der Waals surface area contributed by atoms with E-state index in [1.807, 2.05) is 0 Å². The number of hydrogen-bond donors (Lipinski definition) is 2. The predicted molar refractivity (Wildman–Crippen MR) is 59.4 cm³/mol. The van der Waals surface area contributed by atoms with Crippen LogP contribution in [0.15, 0.2) is 5.10 Å². The van der Waals surface area contributed by atoms with Crippen LogP contribution in [0.5, 0.6) is 0 Å². The second-order valence-corrected chi connectivity index (χ2v) is 5.45. The summed E-state index contributed by atoms with van der Waals surface area (Å²) in [6.07, 6.45) is 3.83. The SMILES string of the molecule is CC1CC(C)CC(S/C(N)=N/N)C1. The normalized spacial score (nSPS) is 36.2. The largest absolute Gasteiger partial charge is 0.377 e. The second-order valence-electron chi connectivity index (χ2n) is 4.12. The number of hydrogen-bond acceptors (Lipinski definition) is 3. The van der Waals surface area contributed by atoms with Crippen molar-refractivity contribution in [1.82, 2.24) is 0 Å². The summed E-state index contributed by atoms with van der Waals surface area (Å²) in [4.78, 5) is 0. The monoisotopic (exact) mass is 201 g/mol. The minimum atomic E-state index is 0.520. The third-order valence-electron chi connectivity index (χ3n) is 2.55. The third kappa shape index (κ3) is 3.46. The van der Waals surface area contributed by atoms with Gasteiger partial charge in [0.15, 0.2) is 5.17 Å². The molecule has 4 heteroatoms. The molecule has 1 rings (SSSR count). The molecule has 2 unspecified atom stereocenters. The van der Waals surface area contributed by atoms with Crippen molar-refractivity contribution in [2.75, 3.05) is 0 Å². The van der Waals surface area contributed by atoms with Crippen LogP contribution in [0.1, 0.15) is 33.1 Å². The van der Waals surface area contributed by atoms with Gasteiger partial charge in [0.25, 0.3) is 0 Å².